The van der Waals surface area contributed by atoms with Crippen LogP contribution >= 0.6 is 11.6 Å². The van der Waals surface area contributed by atoms with Gasteiger partial charge in [-0.1, -0.05) is 25.4 Å². The van der Waals surface area contributed by atoms with Crippen molar-refractivity contribution in [2.45, 2.75) is 32.7 Å². The Kier molecular flexibility index (Phi) is 3.10. The Morgan fingerprint density at radius 1 is 1.27 bits per heavy atom. The molecule has 0 aromatic carbocycles. The summed E-state index contributed by atoms with van der Waals surface area (Å²) in [6, 6.07) is 0.481. The zero-order valence-corrected chi connectivity index (χ0v) is 9.83. The summed E-state index contributed by atoms with van der Waals surface area (Å²) in [5.74, 6) is 2.16. The quantitative estimate of drug-likeness (QED) is 0.841. The third-order valence-electron chi connectivity index (χ3n) is 3.44. The maximum atomic E-state index is 5.95. The van der Waals surface area contributed by atoms with Gasteiger partial charge < -0.3 is 5.32 Å². The third kappa shape index (κ3) is 2.23. The maximum absolute atomic E-state index is 5.95. The van der Waals surface area contributed by atoms with Crippen LogP contribution in [0.15, 0.2) is 12.4 Å². The second kappa shape index (κ2) is 4.35. The van der Waals surface area contributed by atoms with E-state index in [0.717, 1.165) is 5.92 Å². The minimum atomic E-state index is 0.462. The van der Waals surface area contributed by atoms with Crippen LogP contribution in [0.25, 0.3) is 0 Å². The van der Waals surface area contributed by atoms with Gasteiger partial charge in [0.25, 0.3) is 0 Å². The van der Waals surface area contributed by atoms with Gasteiger partial charge in [0, 0.05) is 18.4 Å². The zero-order chi connectivity index (χ0) is 10.8. The number of nitrogens with one attached hydrogen (secondary N) is 1. The van der Waals surface area contributed by atoms with Crippen molar-refractivity contribution in [1.29, 1.82) is 0 Å². The number of nitrogens with zero attached hydrogens (tertiary/aromatic N) is 2. The second-order valence-electron chi connectivity index (χ2n) is 4.36. The van der Waals surface area contributed by atoms with Crippen molar-refractivity contribution in [2.75, 3.05) is 5.32 Å². The van der Waals surface area contributed by atoms with Crippen LogP contribution in [0.1, 0.15) is 26.7 Å². The summed E-state index contributed by atoms with van der Waals surface area (Å²) >= 11 is 5.95. The van der Waals surface area contributed by atoms with Crippen molar-refractivity contribution in [2.24, 2.45) is 11.8 Å². The van der Waals surface area contributed by atoms with Gasteiger partial charge in [-0.3, -0.25) is 0 Å². The van der Waals surface area contributed by atoms with E-state index in [9.17, 15) is 0 Å². The third-order valence-corrected chi connectivity index (χ3v) is 3.72. The van der Waals surface area contributed by atoms with E-state index in [-0.39, 0.29) is 0 Å². The second-order valence-corrected chi connectivity index (χ2v) is 4.72. The van der Waals surface area contributed by atoms with E-state index in [1.807, 2.05) is 0 Å². The molecule has 3 nitrogen and oxygen atoms in total. The van der Waals surface area contributed by atoms with E-state index >= 15 is 0 Å². The van der Waals surface area contributed by atoms with Gasteiger partial charge in [-0.2, -0.15) is 0 Å². The SMILES string of the molecule is CC1CCC(Nc2nccnc2Cl)C1C. The molecule has 1 aliphatic rings. The molecule has 0 bridgehead atoms. The summed E-state index contributed by atoms with van der Waals surface area (Å²) in [5.41, 5.74) is 0. The van der Waals surface area contributed by atoms with Gasteiger partial charge in [0.2, 0.25) is 0 Å². The Morgan fingerprint density at radius 2 is 2.00 bits per heavy atom. The first-order valence-corrected chi connectivity index (χ1v) is 5.79. The van der Waals surface area contributed by atoms with Crippen molar-refractivity contribution >= 4 is 17.4 Å². The fourth-order valence-electron chi connectivity index (χ4n) is 2.16. The topological polar surface area (TPSA) is 37.8 Å². The number of anilines is 1. The lowest BCUT2D eigenvalue weighted by Gasteiger charge is -2.20. The highest BCUT2D eigenvalue weighted by atomic mass is 35.5. The molecule has 4 heteroatoms. The molecule has 3 atom stereocenters. The van der Waals surface area contributed by atoms with Crippen LogP contribution < -0.4 is 5.32 Å². The lowest BCUT2D eigenvalue weighted by Crippen LogP contribution is -2.24. The summed E-state index contributed by atoms with van der Waals surface area (Å²) in [6.45, 7) is 4.57. The van der Waals surface area contributed by atoms with E-state index in [2.05, 4.69) is 29.1 Å². The van der Waals surface area contributed by atoms with Crippen molar-refractivity contribution < 1.29 is 0 Å². The summed E-state index contributed by atoms with van der Waals surface area (Å²) < 4.78 is 0. The molecule has 2 rings (SSSR count). The van der Waals surface area contributed by atoms with Crippen molar-refractivity contribution in [3.8, 4) is 0 Å². The predicted octanol–water partition coefficient (Wildman–Crippen LogP) is 2.98. The minimum Gasteiger partial charge on any atom is -0.365 e. The summed E-state index contributed by atoms with van der Waals surface area (Å²) in [5, 5.41) is 3.85. The van der Waals surface area contributed by atoms with Crippen LogP contribution in [0.5, 0.6) is 0 Å². The van der Waals surface area contributed by atoms with Crippen LogP contribution in [0.4, 0.5) is 5.82 Å². The molecule has 0 aliphatic heterocycles. The number of hydrogen-bond acceptors (Lipinski definition) is 3. The first-order chi connectivity index (χ1) is 7.18. The highest BCUT2D eigenvalue weighted by molar-refractivity contribution is 6.31. The first-order valence-electron chi connectivity index (χ1n) is 5.41. The lowest BCUT2D eigenvalue weighted by molar-refractivity contribution is 0.435. The van der Waals surface area contributed by atoms with E-state index in [1.165, 1.54) is 12.8 Å². The van der Waals surface area contributed by atoms with Gasteiger partial charge in [0.15, 0.2) is 11.0 Å². The Balaban J connectivity index is 2.07. The molecule has 0 radical (unpaired) electrons. The highest BCUT2D eigenvalue weighted by Crippen LogP contribution is 2.33. The van der Waals surface area contributed by atoms with Crippen LogP contribution in [-0.2, 0) is 0 Å². The van der Waals surface area contributed by atoms with Crippen molar-refractivity contribution in [3.05, 3.63) is 17.5 Å². The molecular weight excluding hydrogens is 210 g/mol. The largest absolute Gasteiger partial charge is 0.365 e. The molecule has 1 aromatic heterocycles. The van der Waals surface area contributed by atoms with Crippen LogP contribution in [0.2, 0.25) is 5.15 Å². The van der Waals surface area contributed by atoms with E-state index in [1.54, 1.807) is 12.4 Å². The highest BCUT2D eigenvalue weighted by Gasteiger charge is 2.30. The fourth-order valence-corrected chi connectivity index (χ4v) is 2.32. The molecule has 1 saturated carbocycles. The van der Waals surface area contributed by atoms with Crippen LogP contribution in [-0.4, -0.2) is 16.0 Å². The Labute approximate surface area is 95.3 Å². The van der Waals surface area contributed by atoms with Gasteiger partial charge >= 0.3 is 0 Å². The Morgan fingerprint density at radius 3 is 2.60 bits per heavy atom. The average Bonchev–Trinajstić information content (AvgIpc) is 2.53. The minimum absolute atomic E-state index is 0.462. The number of rotatable bonds is 2. The molecular formula is C11H16ClN3. The van der Waals surface area contributed by atoms with Crippen molar-refractivity contribution in [1.82, 2.24) is 9.97 Å². The molecule has 0 spiro atoms. The van der Waals surface area contributed by atoms with E-state index in [4.69, 9.17) is 11.6 Å². The zero-order valence-electron chi connectivity index (χ0n) is 9.07. The van der Waals surface area contributed by atoms with Gasteiger partial charge in [0.05, 0.1) is 0 Å². The van der Waals surface area contributed by atoms with Gasteiger partial charge in [-0.05, 0) is 24.7 Å². The molecule has 82 valence electrons. The first kappa shape index (κ1) is 10.7. The summed E-state index contributed by atoms with van der Waals surface area (Å²) in [7, 11) is 0. The number of halogens is 1. The number of hydrogen-bond donors (Lipinski definition) is 1. The summed E-state index contributed by atoms with van der Waals surface area (Å²) in [6.07, 6.45) is 5.73. The number of aromatic nitrogens is 2. The van der Waals surface area contributed by atoms with E-state index < -0.39 is 0 Å². The summed E-state index contributed by atoms with van der Waals surface area (Å²) in [4.78, 5) is 8.20. The fraction of sp³-hybridized carbons (Fsp3) is 0.636. The Hall–Kier alpha value is -0.830. The van der Waals surface area contributed by atoms with Crippen LogP contribution in [0.3, 0.4) is 0 Å². The van der Waals surface area contributed by atoms with Crippen LogP contribution in [0, 0.1) is 11.8 Å². The molecule has 1 N–H and O–H groups in total. The van der Waals surface area contributed by atoms with Gasteiger partial charge in [-0.25, -0.2) is 9.97 Å². The molecule has 0 saturated heterocycles. The molecule has 1 fully saturated rings. The maximum Gasteiger partial charge on any atom is 0.171 e. The molecule has 15 heavy (non-hydrogen) atoms. The normalized spacial score (nSPS) is 30.5. The lowest BCUT2D eigenvalue weighted by atomic mass is 9.98. The predicted molar refractivity (Wildman–Crippen MR) is 62.0 cm³/mol. The molecule has 1 aromatic rings. The Bertz CT molecular complexity index is 342. The van der Waals surface area contributed by atoms with E-state index in [0.29, 0.717) is 22.9 Å². The molecule has 0 amide bonds. The molecule has 3 unspecified atom stereocenters. The monoisotopic (exact) mass is 225 g/mol. The van der Waals surface area contributed by atoms with Gasteiger partial charge in [-0.15, -0.1) is 0 Å². The smallest absolute Gasteiger partial charge is 0.171 e. The standard InChI is InChI=1S/C11H16ClN3/c1-7-3-4-9(8(7)2)15-11-10(12)13-5-6-14-11/h5-9H,3-4H2,1-2H3,(H,14,15). The van der Waals surface area contributed by atoms with Crippen molar-refractivity contribution in [3.63, 3.8) is 0 Å². The van der Waals surface area contributed by atoms with Gasteiger partial charge in [0.1, 0.15) is 0 Å². The molecule has 1 heterocycles. The molecule has 1 aliphatic carbocycles. The average molecular weight is 226 g/mol.